The number of hydrogen-bond acceptors (Lipinski definition) is 3. The van der Waals surface area contributed by atoms with Gasteiger partial charge in [-0.25, -0.2) is 9.67 Å². The molecule has 1 aromatic carbocycles. The second-order valence-corrected chi connectivity index (χ2v) is 5.51. The summed E-state index contributed by atoms with van der Waals surface area (Å²) in [7, 11) is 0. The predicted molar refractivity (Wildman–Crippen MR) is 83.9 cm³/mol. The van der Waals surface area contributed by atoms with Gasteiger partial charge in [-0.15, -0.1) is 0 Å². The van der Waals surface area contributed by atoms with Crippen LogP contribution in [0.1, 0.15) is 0 Å². The van der Waals surface area contributed by atoms with E-state index in [0.29, 0.717) is 22.2 Å². The van der Waals surface area contributed by atoms with Crippen LogP contribution >= 0.6 is 27.5 Å². The Morgan fingerprint density at radius 3 is 2.65 bits per heavy atom. The van der Waals surface area contributed by atoms with Gasteiger partial charge in [0.05, 0.1) is 16.9 Å². The average Bonchev–Trinajstić information content (AvgIpc) is 2.82. The van der Waals surface area contributed by atoms with Crippen molar-refractivity contribution in [2.75, 3.05) is 5.73 Å². The van der Waals surface area contributed by atoms with Gasteiger partial charge in [0, 0.05) is 16.2 Å². The standard InChI is InChI=1S/C14H10BrClN4/c15-9-5-6-13(18-7-9)20-8-12(17)14(19-20)10-3-1-2-4-11(10)16/h1-8H,17H2. The predicted octanol–water partition coefficient (Wildman–Crippen LogP) is 3.93. The van der Waals surface area contributed by atoms with Crippen LogP contribution in [0.15, 0.2) is 53.3 Å². The van der Waals surface area contributed by atoms with Crippen LogP contribution in [0.25, 0.3) is 17.1 Å². The molecule has 3 rings (SSSR count). The van der Waals surface area contributed by atoms with Crippen molar-refractivity contribution in [3.05, 3.63) is 58.3 Å². The molecule has 0 aliphatic heterocycles. The second kappa shape index (κ2) is 5.26. The highest BCUT2D eigenvalue weighted by Gasteiger charge is 2.12. The minimum Gasteiger partial charge on any atom is -0.396 e. The van der Waals surface area contributed by atoms with Gasteiger partial charge < -0.3 is 5.73 Å². The molecular formula is C14H10BrClN4. The summed E-state index contributed by atoms with van der Waals surface area (Å²) in [5.41, 5.74) is 8.05. The normalized spacial score (nSPS) is 10.7. The summed E-state index contributed by atoms with van der Waals surface area (Å²) >= 11 is 9.53. The zero-order valence-corrected chi connectivity index (χ0v) is 12.6. The summed E-state index contributed by atoms with van der Waals surface area (Å²) in [5.74, 6) is 0.693. The number of hydrogen-bond donors (Lipinski definition) is 1. The fourth-order valence-electron chi connectivity index (χ4n) is 1.87. The summed E-state index contributed by atoms with van der Waals surface area (Å²) in [5, 5.41) is 5.09. The molecule has 0 saturated heterocycles. The van der Waals surface area contributed by atoms with Gasteiger partial charge in [0.2, 0.25) is 0 Å². The molecule has 0 radical (unpaired) electrons. The highest BCUT2D eigenvalue weighted by Crippen LogP contribution is 2.30. The fraction of sp³-hybridized carbons (Fsp3) is 0. The Labute approximate surface area is 129 Å². The van der Waals surface area contributed by atoms with Crippen LogP contribution < -0.4 is 5.73 Å². The van der Waals surface area contributed by atoms with E-state index < -0.39 is 0 Å². The Hall–Kier alpha value is -1.85. The largest absolute Gasteiger partial charge is 0.396 e. The van der Waals surface area contributed by atoms with Crippen molar-refractivity contribution in [1.82, 2.24) is 14.8 Å². The third-order valence-corrected chi connectivity index (χ3v) is 3.62. The summed E-state index contributed by atoms with van der Waals surface area (Å²) in [6.07, 6.45) is 3.44. The molecule has 0 bridgehead atoms. The zero-order chi connectivity index (χ0) is 14.1. The molecule has 0 amide bonds. The van der Waals surface area contributed by atoms with E-state index in [9.17, 15) is 0 Å². The van der Waals surface area contributed by atoms with Crippen LogP contribution in [0.3, 0.4) is 0 Å². The number of nitrogens with two attached hydrogens (primary N) is 1. The molecule has 2 N–H and O–H groups in total. The van der Waals surface area contributed by atoms with Gasteiger partial charge in [-0.3, -0.25) is 0 Å². The molecular weight excluding hydrogens is 340 g/mol. The average molecular weight is 350 g/mol. The SMILES string of the molecule is Nc1cn(-c2ccc(Br)cn2)nc1-c1ccccc1Cl. The maximum absolute atomic E-state index is 6.18. The molecule has 0 aliphatic rings. The monoisotopic (exact) mass is 348 g/mol. The van der Waals surface area contributed by atoms with Gasteiger partial charge in [0.15, 0.2) is 5.82 Å². The van der Waals surface area contributed by atoms with E-state index in [1.807, 2.05) is 36.4 Å². The number of pyridine rings is 1. The molecule has 0 spiro atoms. The number of nitrogens with zero attached hydrogens (tertiary/aromatic N) is 3. The van der Waals surface area contributed by atoms with Crippen molar-refractivity contribution in [3.8, 4) is 17.1 Å². The van der Waals surface area contributed by atoms with Crippen molar-refractivity contribution in [3.63, 3.8) is 0 Å². The molecule has 0 aliphatic carbocycles. The summed E-state index contributed by atoms with van der Waals surface area (Å²) < 4.78 is 2.55. The van der Waals surface area contributed by atoms with E-state index in [1.54, 1.807) is 17.1 Å². The molecule has 3 aromatic rings. The maximum atomic E-state index is 6.18. The van der Waals surface area contributed by atoms with E-state index in [-0.39, 0.29) is 0 Å². The van der Waals surface area contributed by atoms with Crippen molar-refractivity contribution in [1.29, 1.82) is 0 Å². The van der Waals surface area contributed by atoms with E-state index in [2.05, 4.69) is 26.0 Å². The minimum atomic E-state index is 0.558. The molecule has 0 unspecified atom stereocenters. The molecule has 4 nitrogen and oxygen atoms in total. The number of aromatic nitrogens is 3. The molecule has 0 fully saturated rings. The topological polar surface area (TPSA) is 56.7 Å². The smallest absolute Gasteiger partial charge is 0.153 e. The van der Waals surface area contributed by atoms with Gasteiger partial charge >= 0.3 is 0 Å². The lowest BCUT2D eigenvalue weighted by Crippen LogP contribution is -1.97. The lowest BCUT2D eigenvalue weighted by Gasteiger charge is -2.01. The third kappa shape index (κ3) is 2.42. The number of nitrogen functional groups attached to an aromatic ring is 1. The van der Waals surface area contributed by atoms with Crippen molar-refractivity contribution < 1.29 is 0 Å². The summed E-state index contributed by atoms with van der Waals surface area (Å²) in [6.45, 7) is 0. The Bertz CT molecular complexity index is 752. The molecule has 0 atom stereocenters. The lowest BCUT2D eigenvalue weighted by molar-refractivity contribution is 0.849. The first-order valence-corrected chi connectivity index (χ1v) is 7.04. The van der Waals surface area contributed by atoms with Crippen molar-refractivity contribution in [2.45, 2.75) is 0 Å². The summed E-state index contributed by atoms with van der Waals surface area (Å²) in [4.78, 5) is 4.28. The molecule has 2 aromatic heterocycles. The first-order chi connectivity index (χ1) is 9.65. The van der Waals surface area contributed by atoms with Crippen LogP contribution in [-0.2, 0) is 0 Å². The summed E-state index contributed by atoms with van der Waals surface area (Å²) in [6, 6.07) is 11.2. The van der Waals surface area contributed by atoms with Crippen molar-refractivity contribution >= 4 is 33.2 Å². The maximum Gasteiger partial charge on any atom is 0.153 e. The molecule has 0 saturated carbocycles. The third-order valence-electron chi connectivity index (χ3n) is 2.82. The molecule has 100 valence electrons. The first kappa shape index (κ1) is 13.1. The van der Waals surface area contributed by atoms with Gasteiger partial charge in [0.25, 0.3) is 0 Å². The number of benzene rings is 1. The van der Waals surface area contributed by atoms with E-state index in [0.717, 1.165) is 10.0 Å². The zero-order valence-electron chi connectivity index (χ0n) is 10.3. The quantitative estimate of drug-likeness (QED) is 0.762. The molecule has 2 heterocycles. The highest BCUT2D eigenvalue weighted by molar-refractivity contribution is 9.10. The Morgan fingerprint density at radius 2 is 1.95 bits per heavy atom. The van der Waals surface area contributed by atoms with Gasteiger partial charge in [-0.05, 0) is 34.1 Å². The Morgan fingerprint density at radius 1 is 1.15 bits per heavy atom. The van der Waals surface area contributed by atoms with Crippen LogP contribution in [0, 0.1) is 0 Å². The van der Waals surface area contributed by atoms with Gasteiger partial charge in [-0.1, -0.05) is 29.8 Å². The van der Waals surface area contributed by atoms with E-state index >= 15 is 0 Å². The second-order valence-electron chi connectivity index (χ2n) is 4.19. The molecule has 6 heteroatoms. The Kier molecular flexibility index (Phi) is 3.46. The number of halogens is 2. The van der Waals surface area contributed by atoms with E-state index in [1.165, 1.54) is 0 Å². The lowest BCUT2D eigenvalue weighted by atomic mass is 10.1. The minimum absolute atomic E-state index is 0.558. The fourth-order valence-corrected chi connectivity index (χ4v) is 2.33. The van der Waals surface area contributed by atoms with Crippen LogP contribution in [0.2, 0.25) is 5.02 Å². The van der Waals surface area contributed by atoms with Crippen LogP contribution in [-0.4, -0.2) is 14.8 Å². The highest BCUT2D eigenvalue weighted by atomic mass is 79.9. The number of anilines is 1. The van der Waals surface area contributed by atoms with Gasteiger partial charge in [-0.2, -0.15) is 5.10 Å². The van der Waals surface area contributed by atoms with Crippen LogP contribution in [0.4, 0.5) is 5.69 Å². The molecule has 20 heavy (non-hydrogen) atoms. The van der Waals surface area contributed by atoms with Crippen LogP contribution in [0.5, 0.6) is 0 Å². The Balaban J connectivity index is 2.08. The van der Waals surface area contributed by atoms with Gasteiger partial charge in [0.1, 0.15) is 5.69 Å². The first-order valence-electron chi connectivity index (χ1n) is 5.87. The van der Waals surface area contributed by atoms with Crippen molar-refractivity contribution in [2.24, 2.45) is 0 Å². The van der Waals surface area contributed by atoms with E-state index in [4.69, 9.17) is 17.3 Å². The number of rotatable bonds is 2.